The first-order valence-electron chi connectivity index (χ1n) is 11.4. The van der Waals surface area contributed by atoms with Crippen molar-refractivity contribution >= 4 is 29.3 Å². The number of hydrogen-bond donors (Lipinski definition) is 5. The van der Waals surface area contributed by atoms with Gasteiger partial charge in [-0.2, -0.15) is 13.2 Å². The number of nitrogen functional groups attached to an aromatic ring is 1. The molecule has 1 saturated heterocycles. The molecule has 1 unspecified atom stereocenters. The van der Waals surface area contributed by atoms with Gasteiger partial charge in [0.1, 0.15) is 0 Å². The van der Waals surface area contributed by atoms with Crippen molar-refractivity contribution < 1.29 is 22.8 Å². The molecule has 0 bridgehead atoms. The molecule has 2 aromatic rings. The lowest BCUT2D eigenvalue weighted by molar-refractivity contribution is -0.137. The Balaban J connectivity index is 1.59. The zero-order valence-electron chi connectivity index (χ0n) is 19.3. The summed E-state index contributed by atoms with van der Waals surface area (Å²) in [5.41, 5.74) is 5.42. The maximum atomic E-state index is 13.0. The Kier molecular flexibility index (Phi) is 9.41. The number of alkyl halides is 3. The molecular formula is C24H30F3N5O2S. The van der Waals surface area contributed by atoms with Gasteiger partial charge in [0.25, 0.3) is 5.91 Å². The van der Waals surface area contributed by atoms with Crippen LogP contribution < -0.4 is 27.0 Å². The number of amides is 2. The van der Waals surface area contributed by atoms with Gasteiger partial charge < -0.3 is 21.7 Å². The van der Waals surface area contributed by atoms with E-state index in [9.17, 15) is 22.8 Å². The smallest absolute Gasteiger partial charge is 0.398 e. The van der Waals surface area contributed by atoms with E-state index in [1.807, 2.05) is 18.2 Å². The van der Waals surface area contributed by atoms with Gasteiger partial charge in [0.15, 0.2) is 0 Å². The Morgan fingerprint density at radius 1 is 1.17 bits per heavy atom. The molecule has 6 N–H and O–H groups in total. The molecule has 0 spiro atoms. The molecule has 190 valence electrons. The lowest BCUT2D eigenvalue weighted by Crippen LogP contribution is -2.60. The number of hydrogen-bond acceptors (Lipinski definition) is 6. The largest absolute Gasteiger partial charge is 0.416 e. The maximum Gasteiger partial charge on any atom is 0.416 e. The van der Waals surface area contributed by atoms with E-state index in [4.69, 9.17) is 5.73 Å². The first kappa shape index (κ1) is 26.8. The predicted molar refractivity (Wildman–Crippen MR) is 132 cm³/mol. The Morgan fingerprint density at radius 2 is 1.91 bits per heavy atom. The van der Waals surface area contributed by atoms with Crippen LogP contribution in [0.2, 0.25) is 0 Å². The minimum atomic E-state index is -4.61. The van der Waals surface area contributed by atoms with Crippen LogP contribution in [0.25, 0.3) is 0 Å². The summed E-state index contributed by atoms with van der Waals surface area (Å²) in [6.45, 7) is 3.05. The standard InChI is InChI=1S/C24H30F3N5O2S/c1-2-35-23(15-6-4-3-5-7-15)32-19-10-11-29-13-20(19)31-21(33)14-30-22(34)17-12-16(24(25,26)27)8-9-18(17)28/h3-9,12,19-20,23,29,32H,2,10-11,13-14,28H2,1H3,(H,30,34)(H,31,33)/t19-,20+,23?/m1/s1. The Hall–Kier alpha value is -2.76. The van der Waals surface area contributed by atoms with Crippen molar-refractivity contribution in [2.75, 3.05) is 31.1 Å². The van der Waals surface area contributed by atoms with Gasteiger partial charge in [-0.3, -0.25) is 14.9 Å². The maximum absolute atomic E-state index is 13.0. The van der Waals surface area contributed by atoms with Gasteiger partial charge >= 0.3 is 6.18 Å². The van der Waals surface area contributed by atoms with Crippen molar-refractivity contribution in [3.63, 3.8) is 0 Å². The van der Waals surface area contributed by atoms with Crippen LogP contribution in [0, 0.1) is 0 Å². The quantitative estimate of drug-likeness (QED) is 0.263. The van der Waals surface area contributed by atoms with Crippen molar-refractivity contribution in [2.24, 2.45) is 0 Å². The van der Waals surface area contributed by atoms with Crippen molar-refractivity contribution in [3.05, 3.63) is 65.2 Å². The van der Waals surface area contributed by atoms with Gasteiger partial charge in [0.05, 0.1) is 29.1 Å². The minimum Gasteiger partial charge on any atom is -0.398 e. The summed E-state index contributed by atoms with van der Waals surface area (Å²) >= 11 is 1.77. The number of rotatable bonds is 9. The normalized spacial score (nSPS) is 19.1. The summed E-state index contributed by atoms with van der Waals surface area (Å²) in [5.74, 6) is -0.369. The van der Waals surface area contributed by atoms with Gasteiger partial charge in [-0.25, -0.2) is 0 Å². The molecule has 1 aliphatic heterocycles. The number of carbonyl (C=O) groups excluding carboxylic acids is 2. The number of carbonyl (C=O) groups is 2. The van der Waals surface area contributed by atoms with E-state index in [2.05, 4.69) is 40.3 Å². The number of thioether (sulfide) groups is 1. The fourth-order valence-electron chi connectivity index (χ4n) is 3.88. The summed E-state index contributed by atoms with van der Waals surface area (Å²) in [4.78, 5) is 25.0. The Morgan fingerprint density at radius 3 is 2.60 bits per heavy atom. The molecule has 35 heavy (non-hydrogen) atoms. The summed E-state index contributed by atoms with van der Waals surface area (Å²) in [6.07, 6.45) is -3.81. The van der Waals surface area contributed by atoms with Crippen LogP contribution in [0.3, 0.4) is 0 Å². The van der Waals surface area contributed by atoms with Crippen molar-refractivity contribution in [2.45, 2.75) is 37.0 Å². The molecule has 7 nitrogen and oxygen atoms in total. The van der Waals surface area contributed by atoms with Crippen LogP contribution >= 0.6 is 11.8 Å². The first-order valence-corrected chi connectivity index (χ1v) is 12.4. The molecule has 1 aliphatic rings. The van der Waals surface area contributed by atoms with E-state index in [-0.39, 0.29) is 35.3 Å². The number of piperidine rings is 1. The molecule has 1 fully saturated rings. The van der Waals surface area contributed by atoms with Crippen LogP contribution in [0.1, 0.15) is 40.2 Å². The number of halogens is 3. The second-order valence-corrected chi connectivity index (χ2v) is 9.55. The van der Waals surface area contributed by atoms with Gasteiger partial charge in [0.2, 0.25) is 5.91 Å². The van der Waals surface area contributed by atoms with Gasteiger partial charge in [-0.1, -0.05) is 37.3 Å². The number of nitrogens with one attached hydrogen (secondary N) is 4. The third kappa shape index (κ3) is 7.61. The minimum absolute atomic E-state index is 0.000677. The number of benzene rings is 2. The number of nitrogens with two attached hydrogens (primary N) is 1. The van der Waals surface area contributed by atoms with E-state index >= 15 is 0 Å². The van der Waals surface area contributed by atoms with Gasteiger partial charge in [0, 0.05) is 18.3 Å². The van der Waals surface area contributed by atoms with Gasteiger partial charge in [-0.15, -0.1) is 11.8 Å². The highest BCUT2D eigenvalue weighted by Gasteiger charge is 2.32. The van der Waals surface area contributed by atoms with E-state index in [0.717, 1.165) is 36.4 Å². The Bertz CT molecular complexity index is 1010. The summed E-state index contributed by atoms with van der Waals surface area (Å²) in [6, 6.07) is 12.3. The summed E-state index contributed by atoms with van der Waals surface area (Å²) in [7, 11) is 0. The SMILES string of the molecule is CCSC(N[C@@H]1CCNC[C@@H]1NC(=O)CNC(=O)c1cc(C(F)(F)F)ccc1N)c1ccccc1. The summed E-state index contributed by atoms with van der Waals surface area (Å²) in [5, 5.41) is 12.3. The second kappa shape index (κ2) is 12.3. The molecule has 3 atom stereocenters. The van der Waals surface area contributed by atoms with Crippen LogP contribution in [-0.2, 0) is 11.0 Å². The lowest BCUT2D eigenvalue weighted by atomic mass is 10.00. The molecule has 11 heteroatoms. The average molecular weight is 510 g/mol. The van der Waals surface area contributed by atoms with E-state index in [0.29, 0.717) is 12.6 Å². The molecule has 0 radical (unpaired) electrons. The lowest BCUT2D eigenvalue weighted by Gasteiger charge is -2.36. The molecule has 0 aromatic heterocycles. The second-order valence-electron chi connectivity index (χ2n) is 8.17. The topological polar surface area (TPSA) is 108 Å². The fourth-order valence-corrected chi connectivity index (χ4v) is 4.84. The van der Waals surface area contributed by atoms with Crippen LogP contribution in [0.15, 0.2) is 48.5 Å². The van der Waals surface area contributed by atoms with Crippen LogP contribution in [-0.4, -0.2) is 49.3 Å². The van der Waals surface area contributed by atoms with Gasteiger partial charge in [-0.05, 0) is 42.5 Å². The fraction of sp³-hybridized carbons (Fsp3) is 0.417. The van der Waals surface area contributed by atoms with E-state index < -0.39 is 23.6 Å². The molecule has 2 aromatic carbocycles. The highest BCUT2D eigenvalue weighted by atomic mass is 32.2. The molecule has 1 heterocycles. The zero-order valence-corrected chi connectivity index (χ0v) is 20.1. The highest BCUT2D eigenvalue weighted by molar-refractivity contribution is 7.99. The number of anilines is 1. The monoisotopic (exact) mass is 509 g/mol. The van der Waals surface area contributed by atoms with Crippen molar-refractivity contribution in [1.29, 1.82) is 0 Å². The molecule has 0 aliphatic carbocycles. The predicted octanol–water partition coefficient (Wildman–Crippen LogP) is 2.91. The summed E-state index contributed by atoms with van der Waals surface area (Å²) < 4.78 is 38.9. The zero-order chi connectivity index (χ0) is 25.4. The van der Waals surface area contributed by atoms with Crippen molar-refractivity contribution in [1.82, 2.24) is 21.3 Å². The molecule has 0 saturated carbocycles. The van der Waals surface area contributed by atoms with Crippen LogP contribution in [0.4, 0.5) is 18.9 Å². The third-order valence-corrected chi connectivity index (χ3v) is 6.74. The first-order chi connectivity index (χ1) is 16.7. The average Bonchev–Trinajstić information content (AvgIpc) is 2.83. The molecule has 3 rings (SSSR count). The molecular weight excluding hydrogens is 479 g/mol. The van der Waals surface area contributed by atoms with E-state index in [1.54, 1.807) is 11.8 Å². The van der Waals surface area contributed by atoms with Crippen molar-refractivity contribution in [3.8, 4) is 0 Å². The van der Waals surface area contributed by atoms with E-state index in [1.165, 1.54) is 0 Å². The van der Waals surface area contributed by atoms with Crippen LogP contribution in [0.5, 0.6) is 0 Å². The molecule has 2 amide bonds. The highest BCUT2D eigenvalue weighted by Crippen LogP contribution is 2.31. The third-order valence-electron chi connectivity index (χ3n) is 5.66. The Labute approximate surface area is 206 Å².